The van der Waals surface area contributed by atoms with Crippen LogP contribution in [0.3, 0.4) is 0 Å². The number of nitrogens with zero attached hydrogens (tertiary/aromatic N) is 3. The second-order valence-corrected chi connectivity index (χ2v) is 9.51. The highest BCUT2D eigenvalue weighted by molar-refractivity contribution is 7.13. The number of aromatic amines is 1. The van der Waals surface area contributed by atoms with Crippen molar-refractivity contribution in [1.82, 2.24) is 19.7 Å². The predicted octanol–water partition coefficient (Wildman–Crippen LogP) is 5.18. The van der Waals surface area contributed by atoms with E-state index in [1.807, 2.05) is 30.5 Å². The Balaban J connectivity index is 1.57. The Kier molecular flexibility index (Phi) is 7.19. The SMILES string of the molecule is CCCCC1CCC(C(=O)Nc2cc(-c3cccs3)nn2-c2nc(CC)cc(=O)[nH]2)CC1. The molecule has 7 nitrogen and oxygen atoms in total. The van der Waals surface area contributed by atoms with Crippen LogP contribution in [-0.2, 0) is 11.2 Å². The number of hydrogen-bond acceptors (Lipinski definition) is 5. The van der Waals surface area contributed by atoms with Gasteiger partial charge in [-0.1, -0.05) is 39.2 Å². The number of aryl methyl sites for hydroxylation is 1. The molecule has 0 atom stereocenters. The molecular formula is C24H31N5O2S. The van der Waals surface area contributed by atoms with Gasteiger partial charge in [0.2, 0.25) is 11.9 Å². The molecule has 32 heavy (non-hydrogen) atoms. The summed E-state index contributed by atoms with van der Waals surface area (Å²) >= 11 is 1.58. The van der Waals surface area contributed by atoms with Crippen LogP contribution in [0.5, 0.6) is 0 Å². The molecule has 1 amide bonds. The summed E-state index contributed by atoms with van der Waals surface area (Å²) in [6.45, 7) is 4.18. The number of nitrogens with one attached hydrogen (secondary N) is 2. The molecule has 3 aromatic rings. The lowest BCUT2D eigenvalue weighted by atomic mass is 9.79. The molecule has 3 aromatic heterocycles. The fourth-order valence-corrected chi connectivity index (χ4v) is 5.07. The molecule has 1 fully saturated rings. The monoisotopic (exact) mass is 453 g/mol. The van der Waals surface area contributed by atoms with E-state index in [-0.39, 0.29) is 17.4 Å². The van der Waals surface area contributed by atoms with Crippen LogP contribution in [0.15, 0.2) is 34.4 Å². The first-order chi connectivity index (χ1) is 15.6. The summed E-state index contributed by atoms with van der Waals surface area (Å²) in [5.74, 6) is 1.63. The third-order valence-corrected chi connectivity index (χ3v) is 7.16. The van der Waals surface area contributed by atoms with Crippen LogP contribution < -0.4 is 10.9 Å². The molecule has 0 spiro atoms. The molecule has 0 bridgehead atoms. The zero-order valence-electron chi connectivity index (χ0n) is 18.8. The highest BCUT2D eigenvalue weighted by atomic mass is 32.1. The minimum atomic E-state index is -0.234. The summed E-state index contributed by atoms with van der Waals surface area (Å²) in [7, 11) is 0. The molecule has 0 aliphatic heterocycles. The molecule has 0 aromatic carbocycles. The highest BCUT2D eigenvalue weighted by Gasteiger charge is 2.27. The largest absolute Gasteiger partial charge is 0.310 e. The van der Waals surface area contributed by atoms with E-state index in [9.17, 15) is 9.59 Å². The number of H-pyrrole nitrogens is 1. The number of carbonyl (C=O) groups is 1. The van der Waals surface area contributed by atoms with Crippen LogP contribution in [0.25, 0.3) is 16.5 Å². The number of carbonyl (C=O) groups excluding carboxylic acids is 1. The predicted molar refractivity (Wildman–Crippen MR) is 128 cm³/mol. The minimum Gasteiger partial charge on any atom is -0.310 e. The molecule has 1 saturated carbocycles. The molecular weight excluding hydrogens is 422 g/mol. The van der Waals surface area contributed by atoms with E-state index >= 15 is 0 Å². The number of thiophene rings is 1. The molecule has 0 unspecified atom stereocenters. The van der Waals surface area contributed by atoms with Gasteiger partial charge in [-0.2, -0.15) is 9.78 Å². The van der Waals surface area contributed by atoms with Crippen molar-refractivity contribution in [1.29, 1.82) is 0 Å². The normalized spacial score (nSPS) is 18.6. The van der Waals surface area contributed by atoms with Crippen molar-refractivity contribution < 1.29 is 4.79 Å². The first-order valence-corrected chi connectivity index (χ1v) is 12.5. The van der Waals surface area contributed by atoms with Crippen LogP contribution in [0.4, 0.5) is 5.82 Å². The average Bonchev–Trinajstić information content (AvgIpc) is 3.47. The maximum absolute atomic E-state index is 13.1. The Hall–Kier alpha value is -2.74. The van der Waals surface area contributed by atoms with E-state index in [1.54, 1.807) is 16.0 Å². The maximum Gasteiger partial charge on any atom is 0.252 e. The van der Waals surface area contributed by atoms with Crippen molar-refractivity contribution in [3.8, 4) is 16.5 Å². The third kappa shape index (κ3) is 5.18. The van der Waals surface area contributed by atoms with E-state index in [2.05, 4.69) is 27.3 Å². The Morgan fingerprint density at radius 3 is 2.75 bits per heavy atom. The van der Waals surface area contributed by atoms with Gasteiger partial charge in [-0.15, -0.1) is 11.3 Å². The second-order valence-electron chi connectivity index (χ2n) is 8.57. The molecule has 170 valence electrons. The molecule has 1 aliphatic rings. The van der Waals surface area contributed by atoms with Crippen LogP contribution in [0, 0.1) is 11.8 Å². The molecule has 0 radical (unpaired) electrons. The smallest absolute Gasteiger partial charge is 0.252 e. The second kappa shape index (κ2) is 10.3. The third-order valence-electron chi connectivity index (χ3n) is 6.26. The summed E-state index contributed by atoms with van der Waals surface area (Å²) in [5.41, 5.74) is 1.19. The number of hydrogen-bond donors (Lipinski definition) is 2. The van der Waals surface area contributed by atoms with E-state index in [1.165, 1.54) is 25.3 Å². The van der Waals surface area contributed by atoms with Gasteiger partial charge in [0, 0.05) is 23.7 Å². The molecule has 0 saturated heterocycles. The van der Waals surface area contributed by atoms with Gasteiger partial charge in [-0.3, -0.25) is 14.6 Å². The quantitative estimate of drug-likeness (QED) is 0.491. The standard InChI is InChI=1S/C24H31N5O2S/c1-3-5-7-16-9-11-17(12-10-16)23(31)26-21-15-19(20-8-6-13-32-20)28-29(21)24-25-18(4-2)14-22(30)27-24/h6,8,13-17H,3-5,7,9-12H2,1-2H3,(H,26,31)(H,25,27,30). The number of aromatic nitrogens is 4. The summed E-state index contributed by atoms with van der Waals surface area (Å²) in [5, 5.41) is 9.73. The van der Waals surface area contributed by atoms with Crippen LogP contribution in [-0.4, -0.2) is 25.7 Å². The summed E-state index contributed by atoms with van der Waals surface area (Å²) in [4.78, 5) is 33.5. The number of anilines is 1. The van der Waals surface area contributed by atoms with Crippen LogP contribution in [0.1, 0.15) is 64.5 Å². The highest BCUT2D eigenvalue weighted by Crippen LogP contribution is 2.33. The first-order valence-electron chi connectivity index (χ1n) is 11.6. The molecule has 1 aliphatic carbocycles. The summed E-state index contributed by atoms with van der Waals surface area (Å²) in [6, 6.07) is 7.29. The van der Waals surface area contributed by atoms with Gasteiger partial charge < -0.3 is 5.32 Å². The van der Waals surface area contributed by atoms with Crippen molar-refractivity contribution in [2.24, 2.45) is 11.8 Å². The van der Waals surface area contributed by atoms with Crippen molar-refractivity contribution in [2.45, 2.75) is 65.2 Å². The molecule has 4 rings (SSSR count). The summed E-state index contributed by atoms with van der Waals surface area (Å²) < 4.78 is 1.54. The van der Waals surface area contributed by atoms with Crippen LogP contribution in [0.2, 0.25) is 0 Å². The molecule has 3 heterocycles. The van der Waals surface area contributed by atoms with Crippen LogP contribution >= 0.6 is 11.3 Å². The zero-order chi connectivity index (χ0) is 22.5. The average molecular weight is 454 g/mol. The van der Waals surface area contributed by atoms with Crippen molar-refractivity contribution in [2.75, 3.05) is 5.32 Å². The lowest BCUT2D eigenvalue weighted by molar-refractivity contribution is -0.121. The lowest BCUT2D eigenvalue weighted by Gasteiger charge is -2.27. The zero-order valence-corrected chi connectivity index (χ0v) is 19.6. The van der Waals surface area contributed by atoms with E-state index in [4.69, 9.17) is 0 Å². The van der Waals surface area contributed by atoms with Gasteiger partial charge in [0.25, 0.3) is 5.56 Å². The maximum atomic E-state index is 13.1. The van der Waals surface area contributed by atoms with Gasteiger partial charge in [0.15, 0.2) is 0 Å². The van der Waals surface area contributed by atoms with Gasteiger partial charge in [-0.05, 0) is 49.5 Å². The molecule has 2 N–H and O–H groups in total. The van der Waals surface area contributed by atoms with Crippen molar-refractivity contribution in [3.63, 3.8) is 0 Å². The van der Waals surface area contributed by atoms with Gasteiger partial charge in [-0.25, -0.2) is 4.98 Å². The topological polar surface area (TPSA) is 92.7 Å². The fourth-order valence-electron chi connectivity index (χ4n) is 4.39. The summed E-state index contributed by atoms with van der Waals surface area (Å²) in [6.07, 6.45) is 8.49. The van der Waals surface area contributed by atoms with E-state index in [0.717, 1.165) is 42.2 Å². The van der Waals surface area contributed by atoms with Gasteiger partial charge >= 0.3 is 0 Å². The Morgan fingerprint density at radius 2 is 2.06 bits per heavy atom. The van der Waals surface area contributed by atoms with E-state index in [0.29, 0.717) is 23.9 Å². The van der Waals surface area contributed by atoms with Crippen molar-refractivity contribution in [3.05, 3.63) is 45.7 Å². The minimum absolute atomic E-state index is 0.00963. The number of amides is 1. The van der Waals surface area contributed by atoms with Crippen molar-refractivity contribution >= 4 is 23.1 Å². The Labute approximate surface area is 192 Å². The lowest BCUT2D eigenvalue weighted by Crippen LogP contribution is -2.28. The van der Waals surface area contributed by atoms with E-state index < -0.39 is 0 Å². The fraction of sp³-hybridized carbons (Fsp3) is 0.500. The van der Waals surface area contributed by atoms with Gasteiger partial charge in [0.05, 0.1) is 4.88 Å². The van der Waals surface area contributed by atoms with Gasteiger partial charge in [0.1, 0.15) is 11.5 Å². The first kappa shape index (κ1) is 22.5. The Bertz CT molecular complexity index is 1090. The molecule has 8 heteroatoms. The number of rotatable bonds is 8. The number of unbranched alkanes of at least 4 members (excludes halogenated alkanes) is 1. The Morgan fingerprint density at radius 1 is 1.25 bits per heavy atom.